The van der Waals surface area contributed by atoms with Crippen LogP contribution in [0, 0.1) is 6.92 Å². The Hall–Kier alpha value is -1.57. The number of fused-ring (bicyclic) bond motifs is 1. The number of carbonyl (C=O) groups excluding carboxylic acids is 1. The third kappa shape index (κ3) is 2.57. The van der Waals surface area contributed by atoms with Crippen LogP contribution in [0.1, 0.15) is 48.4 Å². The van der Waals surface area contributed by atoms with Gasteiger partial charge in [-0.1, -0.05) is 17.2 Å². The molecule has 1 aromatic rings. The monoisotopic (exact) mass is 230 g/mol. The molecular weight excluding hydrogens is 212 g/mol. The quantitative estimate of drug-likeness (QED) is 0.630. The van der Waals surface area contributed by atoms with Crippen LogP contribution < -0.4 is 0 Å². The van der Waals surface area contributed by atoms with Crippen molar-refractivity contribution in [1.82, 2.24) is 0 Å². The van der Waals surface area contributed by atoms with Gasteiger partial charge in [-0.05, 0) is 45.3 Å². The number of furan rings is 1. The van der Waals surface area contributed by atoms with Gasteiger partial charge in [0.25, 0.3) is 0 Å². The summed E-state index contributed by atoms with van der Waals surface area (Å²) >= 11 is 0. The highest BCUT2D eigenvalue weighted by Gasteiger charge is 2.17. The highest BCUT2D eigenvalue weighted by Crippen LogP contribution is 2.23. The van der Waals surface area contributed by atoms with Gasteiger partial charge in [-0.25, -0.2) is 0 Å². The molecule has 1 aromatic heterocycles. The van der Waals surface area contributed by atoms with Crippen molar-refractivity contribution < 1.29 is 9.21 Å². The minimum atomic E-state index is 0.0819. The Labute approximate surface area is 102 Å². The second-order valence-corrected chi connectivity index (χ2v) is 4.84. The van der Waals surface area contributed by atoms with Gasteiger partial charge in [0.1, 0.15) is 5.76 Å². The lowest BCUT2D eigenvalue weighted by molar-refractivity contribution is 0.104. The number of hydrogen-bond donors (Lipinski definition) is 0. The van der Waals surface area contributed by atoms with Crippen molar-refractivity contribution in [1.29, 1.82) is 0 Å². The summed E-state index contributed by atoms with van der Waals surface area (Å²) in [6.45, 7) is 6.03. The molecule has 2 rings (SSSR count). The molecule has 1 aliphatic rings. The fourth-order valence-electron chi connectivity index (χ4n) is 2.20. The third-order valence-electron chi connectivity index (χ3n) is 3.15. The van der Waals surface area contributed by atoms with Gasteiger partial charge in [-0.3, -0.25) is 4.79 Å². The maximum absolute atomic E-state index is 12.2. The van der Waals surface area contributed by atoms with Gasteiger partial charge in [0, 0.05) is 6.42 Å². The van der Waals surface area contributed by atoms with E-state index in [0.717, 1.165) is 41.7 Å². The molecule has 0 N–H and O–H groups in total. The zero-order chi connectivity index (χ0) is 12.4. The number of hydrogen-bond acceptors (Lipinski definition) is 2. The van der Waals surface area contributed by atoms with Crippen molar-refractivity contribution in [3.8, 4) is 0 Å². The second-order valence-electron chi connectivity index (χ2n) is 4.84. The van der Waals surface area contributed by atoms with E-state index in [1.807, 2.05) is 13.8 Å². The van der Waals surface area contributed by atoms with E-state index in [1.165, 1.54) is 5.57 Å². The average molecular weight is 230 g/mol. The van der Waals surface area contributed by atoms with Crippen molar-refractivity contribution in [3.63, 3.8) is 0 Å². The smallest absolute Gasteiger partial charge is 0.189 e. The number of allylic oxidation sites excluding steroid dienone is 4. The molecule has 0 unspecified atom stereocenters. The minimum absolute atomic E-state index is 0.0819. The van der Waals surface area contributed by atoms with Crippen molar-refractivity contribution in [2.45, 2.75) is 40.0 Å². The molecule has 2 nitrogen and oxygen atoms in total. The van der Waals surface area contributed by atoms with Crippen LogP contribution in [0.4, 0.5) is 0 Å². The third-order valence-corrected chi connectivity index (χ3v) is 3.15. The molecule has 0 saturated heterocycles. The Morgan fingerprint density at radius 2 is 1.94 bits per heavy atom. The summed E-state index contributed by atoms with van der Waals surface area (Å²) < 4.78 is 5.50. The fourth-order valence-corrected chi connectivity index (χ4v) is 2.20. The maximum atomic E-state index is 12.2. The predicted molar refractivity (Wildman–Crippen MR) is 68.2 cm³/mol. The van der Waals surface area contributed by atoms with Crippen LogP contribution in [-0.4, -0.2) is 5.78 Å². The molecule has 0 aliphatic heterocycles. The first-order valence-electron chi connectivity index (χ1n) is 6.02. The van der Waals surface area contributed by atoms with Crippen molar-refractivity contribution in [2.75, 3.05) is 0 Å². The minimum Gasteiger partial charge on any atom is -0.468 e. The van der Waals surface area contributed by atoms with E-state index in [1.54, 1.807) is 12.3 Å². The zero-order valence-electron chi connectivity index (χ0n) is 10.7. The molecule has 17 heavy (non-hydrogen) atoms. The normalized spacial score (nSPS) is 23.4. The summed E-state index contributed by atoms with van der Waals surface area (Å²) in [6.07, 6.45) is 8.34. The SMILES string of the molecule is C/C1=C/C(=O)c2c(C)coc2C/C(C)=C\CC1. The number of carbonyl (C=O) groups is 1. The van der Waals surface area contributed by atoms with Crippen LogP contribution in [-0.2, 0) is 6.42 Å². The lowest BCUT2D eigenvalue weighted by Gasteiger charge is -2.06. The first-order chi connectivity index (χ1) is 8.08. The summed E-state index contributed by atoms with van der Waals surface area (Å²) in [7, 11) is 0. The lowest BCUT2D eigenvalue weighted by Crippen LogP contribution is -2.02. The van der Waals surface area contributed by atoms with Gasteiger partial charge in [-0.2, -0.15) is 0 Å². The molecule has 2 heteroatoms. The van der Waals surface area contributed by atoms with Gasteiger partial charge in [0.15, 0.2) is 5.78 Å². The lowest BCUT2D eigenvalue weighted by atomic mass is 9.98. The first kappa shape index (κ1) is 11.9. The van der Waals surface area contributed by atoms with E-state index in [0.29, 0.717) is 0 Å². The molecule has 90 valence electrons. The summed E-state index contributed by atoms with van der Waals surface area (Å²) in [6, 6.07) is 0. The Kier molecular flexibility index (Phi) is 3.32. The summed E-state index contributed by atoms with van der Waals surface area (Å²) in [5, 5.41) is 0. The number of ketones is 1. The predicted octanol–water partition coefficient (Wildman–Crippen LogP) is 4.00. The standard InChI is InChI=1S/C15H18O2/c1-10-5-4-6-11(2)8-14-15(13(16)7-10)12(3)9-17-14/h6-7,9H,4-5,8H2,1-3H3/b10-7-,11-6-. The Balaban J connectivity index is 2.49. The molecule has 0 aromatic carbocycles. The average Bonchev–Trinajstić information content (AvgIpc) is 2.58. The Bertz CT molecular complexity index is 501. The van der Waals surface area contributed by atoms with E-state index in [2.05, 4.69) is 13.0 Å². The second kappa shape index (κ2) is 4.74. The maximum Gasteiger partial charge on any atom is 0.189 e. The van der Waals surface area contributed by atoms with Gasteiger partial charge in [-0.15, -0.1) is 0 Å². The highest BCUT2D eigenvalue weighted by atomic mass is 16.3. The molecule has 1 heterocycles. The highest BCUT2D eigenvalue weighted by molar-refractivity contribution is 6.06. The molecule has 0 saturated carbocycles. The Morgan fingerprint density at radius 1 is 1.18 bits per heavy atom. The van der Waals surface area contributed by atoms with Crippen molar-refractivity contribution >= 4 is 5.78 Å². The van der Waals surface area contributed by atoms with Crippen LogP contribution in [0.15, 0.2) is 34.0 Å². The van der Waals surface area contributed by atoms with Gasteiger partial charge >= 0.3 is 0 Å². The summed E-state index contributed by atoms with van der Waals surface area (Å²) in [4.78, 5) is 12.2. The van der Waals surface area contributed by atoms with E-state index in [4.69, 9.17) is 4.42 Å². The molecule has 0 atom stereocenters. The largest absolute Gasteiger partial charge is 0.468 e. The topological polar surface area (TPSA) is 30.2 Å². The van der Waals surface area contributed by atoms with Crippen molar-refractivity contribution in [2.24, 2.45) is 0 Å². The van der Waals surface area contributed by atoms with Gasteiger partial charge < -0.3 is 4.42 Å². The molecule has 0 radical (unpaired) electrons. The van der Waals surface area contributed by atoms with Gasteiger partial charge in [0.05, 0.1) is 11.8 Å². The van der Waals surface area contributed by atoms with Crippen LogP contribution in [0.25, 0.3) is 0 Å². The van der Waals surface area contributed by atoms with E-state index < -0.39 is 0 Å². The van der Waals surface area contributed by atoms with E-state index in [9.17, 15) is 4.79 Å². The van der Waals surface area contributed by atoms with Crippen LogP contribution >= 0.6 is 0 Å². The Morgan fingerprint density at radius 3 is 2.71 bits per heavy atom. The van der Waals surface area contributed by atoms with Crippen LogP contribution in [0.3, 0.4) is 0 Å². The molecule has 0 amide bonds. The summed E-state index contributed by atoms with van der Waals surface area (Å²) in [5.74, 6) is 0.880. The molecule has 0 spiro atoms. The van der Waals surface area contributed by atoms with E-state index >= 15 is 0 Å². The van der Waals surface area contributed by atoms with Crippen LogP contribution in [0.2, 0.25) is 0 Å². The summed E-state index contributed by atoms with van der Waals surface area (Å²) in [5.41, 5.74) is 4.08. The van der Waals surface area contributed by atoms with Gasteiger partial charge in [0.2, 0.25) is 0 Å². The number of aryl methyl sites for hydroxylation is 1. The molecule has 1 aliphatic carbocycles. The fraction of sp³-hybridized carbons (Fsp3) is 0.400. The van der Waals surface area contributed by atoms with Crippen LogP contribution in [0.5, 0.6) is 0 Å². The van der Waals surface area contributed by atoms with E-state index in [-0.39, 0.29) is 5.78 Å². The molecule has 0 fully saturated rings. The molecular formula is C15H18O2. The van der Waals surface area contributed by atoms with Crippen molar-refractivity contribution in [3.05, 3.63) is 46.4 Å². The first-order valence-corrected chi connectivity index (χ1v) is 6.02. The number of rotatable bonds is 0. The molecule has 0 bridgehead atoms. The zero-order valence-corrected chi connectivity index (χ0v) is 10.7.